The highest BCUT2D eigenvalue weighted by Gasteiger charge is 2.28. The Morgan fingerprint density at radius 1 is 1.38 bits per heavy atom. The number of hydrogen-bond donors (Lipinski definition) is 1. The molecule has 1 aliphatic heterocycles. The van der Waals surface area contributed by atoms with Gasteiger partial charge in [0.25, 0.3) is 0 Å². The number of anilines is 1. The summed E-state index contributed by atoms with van der Waals surface area (Å²) in [5, 5.41) is 4.49. The topological polar surface area (TPSA) is 31.4 Å². The van der Waals surface area contributed by atoms with Gasteiger partial charge in [-0.2, -0.15) is 0 Å². The predicted molar refractivity (Wildman–Crippen MR) is 92.5 cm³/mol. The molecule has 21 heavy (non-hydrogen) atoms. The molecule has 2 rings (SSSR count). The Morgan fingerprint density at radius 3 is 2.67 bits per heavy atom. The zero-order valence-electron chi connectivity index (χ0n) is 14.1. The first-order valence-electron chi connectivity index (χ1n) is 8.23. The molecule has 1 aromatic rings. The molecule has 0 saturated carbocycles. The van der Waals surface area contributed by atoms with E-state index in [4.69, 9.17) is 4.98 Å². The Morgan fingerprint density at radius 2 is 2.10 bits per heavy atom. The second kappa shape index (κ2) is 7.56. The van der Waals surface area contributed by atoms with Crippen LogP contribution in [0.3, 0.4) is 0 Å². The quantitative estimate of drug-likeness (QED) is 0.839. The number of thiazole rings is 1. The van der Waals surface area contributed by atoms with Crippen molar-refractivity contribution in [2.75, 3.05) is 38.1 Å². The van der Waals surface area contributed by atoms with Gasteiger partial charge in [-0.05, 0) is 32.5 Å². The van der Waals surface area contributed by atoms with Crippen molar-refractivity contribution in [3.05, 3.63) is 10.6 Å². The molecule has 0 radical (unpaired) electrons. The van der Waals surface area contributed by atoms with Crippen LogP contribution in [0, 0.1) is 0 Å². The zero-order chi connectivity index (χ0) is 15.4. The van der Waals surface area contributed by atoms with Crippen LogP contribution in [0.5, 0.6) is 0 Å². The van der Waals surface area contributed by atoms with Crippen molar-refractivity contribution in [1.29, 1.82) is 0 Å². The SMILES string of the molecule is CCN(CC)C1CCN(c2nc(C(C)C)c(CNC)s2)C1. The molecule has 1 aliphatic rings. The van der Waals surface area contributed by atoms with Crippen LogP contribution in [0.1, 0.15) is 50.6 Å². The van der Waals surface area contributed by atoms with Gasteiger partial charge in [-0.15, -0.1) is 11.3 Å². The minimum atomic E-state index is 0.500. The molecule has 2 heterocycles. The first kappa shape index (κ1) is 16.7. The molecule has 0 aliphatic carbocycles. The molecular weight excluding hydrogens is 280 g/mol. The first-order chi connectivity index (χ1) is 10.1. The maximum absolute atomic E-state index is 4.94. The highest BCUT2D eigenvalue weighted by Crippen LogP contribution is 2.33. The molecule has 1 saturated heterocycles. The highest BCUT2D eigenvalue weighted by molar-refractivity contribution is 7.15. The lowest BCUT2D eigenvalue weighted by Crippen LogP contribution is -2.37. The van der Waals surface area contributed by atoms with Crippen LogP contribution in [-0.4, -0.2) is 49.2 Å². The Bertz CT molecular complexity index is 439. The third kappa shape index (κ3) is 3.76. The molecular formula is C16H30N4S. The molecule has 1 fully saturated rings. The molecule has 5 heteroatoms. The van der Waals surface area contributed by atoms with E-state index in [1.54, 1.807) is 0 Å². The van der Waals surface area contributed by atoms with E-state index in [1.165, 1.54) is 22.1 Å². The monoisotopic (exact) mass is 310 g/mol. The number of hydrogen-bond acceptors (Lipinski definition) is 5. The van der Waals surface area contributed by atoms with Gasteiger partial charge in [0, 0.05) is 30.6 Å². The van der Waals surface area contributed by atoms with Crippen molar-refractivity contribution in [3.63, 3.8) is 0 Å². The molecule has 1 atom stereocenters. The number of nitrogens with zero attached hydrogens (tertiary/aromatic N) is 3. The van der Waals surface area contributed by atoms with Gasteiger partial charge in [-0.3, -0.25) is 4.90 Å². The fourth-order valence-electron chi connectivity index (χ4n) is 3.18. The van der Waals surface area contributed by atoms with Crippen LogP contribution in [0.15, 0.2) is 0 Å². The van der Waals surface area contributed by atoms with Gasteiger partial charge in [0.05, 0.1) is 5.69 Å². The molecule has 0 aromatic carbocycles. The molecule has 0 bridgehead atoms. The van der Waals surface area contributed by atoms with E-state index in [1.807, 2.05) is 18.4 Å². The summed E-state index contributed by atoms with van der Waals surface area (Å²) in [5.74, 6) is 0.500. The van der Waals surface area contributed by atoms with E-state index < -0.39 is 0 Å². The summed E-state index contributed by atoms with van der Waals surface area (Å²) in [7, 11) is 2.01. The molecule has 1 aromatic heterocycles. The smallest absolute Gasteiger partial charge is 0.185 e. The van der Waals surface area contributed by atoms with Crippen molar-refractivity contribution in [2.45, 2.75) is 52.6 Å². The number of nitrogens with one attached hydrogen (secondary N) is 1. The number of aromatic nitrogens is 1. The number of likely N-dealkylation sites (N-methyl/N-ethyl adjacent to an activating group) is 1. The fraction of sp³-hybridized carbons (Fsp3) is 0.812. The maximum atomic E-state index is 4.94. The third-order valence-electron chi connectivity index (χ3n) is 4.36. The molecule has 1 N–H and O–H groups in total. The van der Waals surface area contributed by atoms with Gasteiger partial charge >= 0.3 is 0 Å². The summed E-state index contributed by atoms with van der Waals surface area (Å²) >= 11 is 1.87. The van der Waals surface area contributed by atoms with Gasteiger partial charge in [0.2, 0.25) is 0 Å². The zero-order valence-corrected chi connectivity index (χ0v) is 15.0. The van der Waals surface area contributed by atoms with Gasteiger partial charge in [-0.25, -0.2) is 4.98 Å². The predicted octanol–water partition coefficient (Wildman–Crippen LogP) is 2.91. The van der Waals surface area contributed by atoms with Crippen LogP contribution < -0.4 is 10.2 Å². The Labute approximate surface area is 133 Å². The summed E-state index contributed by atoms with van der Waals surface area (Å²) < 4.78 is 0. The average molecular weight is 311 g/mol. The van der Waals surface area contributed by atoms with E-state index in [-0.39, 0.29) is 0 Å². The van der Waals surface area contributed by atoms with Crippen molar-refractivity contribution < 1.29 is 0 Å². The van der Waals surface area contributed by atoms with Gasteiger partial charge in [0.15, 0.2) is 5.13 Å². The fourth-order valence-corrected chi connectivity index (χ4v) is 4.44. The summed E-state index contributed by atoms with van der Waals surface area (Å²) in [4.78, 5) is 11.4. The van der Waals surface area contributed by atoms with Crippen LogP contribution in [0.2, 0.25) is 0 Å². The second-order valence-electron chi connectivity index (χ2n) is 6.10. The molecule has 1 unspecified atom stereocenters. The third-order valence-corrected chi connectivity index (χ3v) is 5.50. The summed E-state index contributed by atoms with van der Waals surface area (Å²) in [5.41, 5.74) is 1.27. The van der Waals surface area contributed by atoms with E-state index >= 15 is 0 Å². The lowest BCUT2D eigenvalue weighted by atomic mass is 10.1. The first-order valence-corrected chi connectivity index (χ1v) is 9.05. The van der Waals surface area contributed by atoms with Crippen molar-refractivity contribution >= 4 is 16.5 Å². The van der Waals surface area contributed by atoms with Crippen LogP contribution in [0.4, 0.5) is 5.13 Å². The van der Waals surface area contributed by atoms with Gasteiger partial charge in [-0.1, -0.05) is 27.7 Å². The van der Waals surface area contributed by atoms with E-state index in [9.17, 15) is 0 Å². The van der Waals surface area contributed by atoms with Crippen molar-refractivity contribution in [3.8, 4) is 0 Å². The van der Waals surface area contributed by atoms with E-state index in [0.717, 1.165) is 32.7 Å². The Kier molecular flexibility index (Phi) is 6.02. The Hall–Kier alpha value is -0.650. The minimum Gasteiger partial charge on any atom is -0.346 e. The van der Waals surface area contributed by atoms with Crippen LogP contribution in [0.25, 0.3) is 0 Å². The highest BCUT2D eigenvalue weighted by atomic mass is 32.1. The minimum absolute atomic E-state index is 0.500. The average Bonchev–Trinajstić information content (AvgIpc) is 3.07. The van der Waals surface area contributed by atoms with Gasteiger partial charge < -0.3 is 10.2 Å². The molecule has 0 amide bonds. The van der Waals surface area contributed by atoms with Crippen LogP contribution >= 0.6 is 11.3 Å². The van der Waals surface area contributed by atoms with Gasteiger partial charge in [0.1, 0.15) is 0 Å². The maximum Gasteiger partial charge on any atom is 0.185 e. The summed E-state index contributed by atoms with van der Waals surface area (Å²) in [6.45, 7) is 14.5. The second-order valence-corrected chi connectivity index (χ2v) is 7.16. The lowest BCUT2D eigenvalue weighted by molar-refractivity contribution is 0.232. The van der Waals surface area contributed by atoms with Crippen molar-refractivity contribution in [2.24, 2.45) is 0 Å². The summed E-state index contributed by atoms with van der Waals surface area (Å²) in [6.07, 6.45) is 1.26. The summed E-state index contributed by atoms with van der Waals surface area (Å²) in [6, 6.07) is 0.694. The molecule has 120 valence electrons. The normalized spacial score (nSPS) is 19.2. The lowest BCUT2D eigenvalue weighted by Gasteiger charge is -2.25. The van der Waals surface area contributed by atoms with Crippen LogP contribution in [-0.2, 0) is 6.54 Å². The largest absolute Gasteiger partial charge is 0.346 e. The molecule has 4 nitrogen and oxygen atoms in total. The van der Waals surface area contributed by atoms with Crippen molar-refractivity contribution in [1.82, 2.24) is 15.2 Å². The molecule has 0 spiro atoms. The Balaban J connectivity index is 2.11. The van der Waals surface area contributed by atoms with E-state index in [0.29, 0.717) is 12.0 Å². The standard InChI is InChI=1S/C16H30N4S/c1-6-19(7-2)13-8-9-20(11-13)16-18-15(12(3)4)14(21-16)10-17-5/h12-13,17H,6-11H2,1-5H3. The number of rotatable bonds is 7. The van der Waals surface area contributed by atoms with E-state index in [2.05, 4.69) is 42.8 Å².